The Hall–Kier alpha value is -4.44. The van der Waals surface area contributed by atoms with E-state index < -0.39 is 11.7 Å². The van der Waals surface area contributed by atoms with E-state index in [0.717, 1.165) is 28.3 Å². The lowest BCUT2D eigenvalue weighted by atomic mass is 10.0. The second-order valence-corrected chi connectivity index (χ2v) is 8.80. The van der Waals surface area contributed by atoms with Gasteiger partial charge in [0.2, 0.25) is 0 Å². The molecule has 0 saturated carbocycles. The summed E-state index contributed by atoms with van der Waals surface area (Å²) in [6, 6.07) is 14.8. The second-order valence-electron chi connectivity index (χ2n) is 8.39. The molecule has 0 atom stereocenters. The van der Waals surface area contributed by atoms with Crippen LogP contribution in [0.5, 0.6) is 0 Å². The van der Waals surface area contributed by atoms with Gasteiger partial charge in [-0.05, 0) is 48.9 Å². The summed E-state index contributed by atoms with van der Waals surface area (Å²) < 4.78 is 40.1. The molecule has 11 heteroatoms. The van der Waals surface area contributed by atoms with Crippen LogP contribution in [0.15, 0.2) is 73.3 Å². The quantitative estimate of drug-likeness (QED) is 0.206. The molecule has 0 aliphatic carbocycles. The summed E-state index contributed by atoms with van der Waals surface area (Å²) in [4.78, 5) is 17.5. The molecule has 0 amide bonds. The van der Waals surface area contributed by atoms with Crippen LogP contribution in [0.2, 0.25) is 5.02 Å². The van der Waals surface area contributed by atoms with Crippen molar-refractivity contribution in [1.29, 1.82) is 0 Å². The standard InChI is InChI=1S/C27H21ClF3N7/c1-15-5-7-18-17(9-11-34-25(18)37-16-6-8-21(28)20(12-16)27(29,30)31)24(15)38-26-19(4-3-10-33-26)22-13-23(32-2)36-14-35-22/h3-14H,1-2H3,(H,33,38)(H,34,37)(H,32,35,36). The number of benzene rings is 2. The lowest BCUT2D eigenvalue weighted by Crippen LogP contribution is -2.07. The highest BCUT2D eigenvalue weighted by molar-refractivity contribution is 6.31. The van der Waals surface area contributed by atoms with Gasteiger partial charge in [0.25, 0.3) is 0 Å². The van der Waals surface area contributed by atoms with E-state index in [9.17, 15) is 13.2 Å². The zero-order chi connectivity index (χ0) is 26.9. The van der Waals surface area contributed by atoms with E-state index >= 15 is 0 Å². The van der Waals surface area contributed by atoms with Gasteiger partial charge in [0, 0.05) is 47.5 Å². The summed E-state index contributed by atoms with van der Waals surface area (Å²) in [6.07, 6.45) is 0.178. The predicted octanol–water partition coefficient (Wildman–Crippen LogP) is 7.60. The Morgan fingerprint density at radius 3 is 2.42 bits per heavy atom. The number of aryl methyl sites for hydroxylation is 1. The molecule has 0 spiro atoms. The molecule has 0 aliphatic rings. The number of halogens is 4. The number of rotatable bonds is 6. The number of nitrogens with one attached hydrogen (secondary N) is 3. The molecule has 38 heavy (non-hydrogen) atoms. The van der Waals surface area contributed by atoms with Crippen molar-refractivity contribution in [2.75, 3.05) is 23.0 Å². The molecule has 192 valence electrons. The van der Waals surface area contributed by atoms with Crippen LogP contribution in [0, 0.1) is 6.92 Å². The van der Waals surface area contributed by atoms with E-state index in [2.05, 4.69) is 35.9 Å². The van der Waals surface area contributed by atoms with Crippen molar-refractivity contribution in [3.63, 3.8) is 0 Å². The van der Waals surface area contributed by atoms with E-state index in [0.29, 0.717) is 28.5 Å². The molecule has 3 N–H and O–H groups in total. The smallest absolute Gasteiger partial charge is 0.373 e. The fraction of sp³-hybridized carbons (Fsp3) is 0.111. The summed E-state index contributed by atoms with van der Waals surface area (Å²) >= 11 is 5.78. The highest BCUT2D eigenvalue weighted by Crippen LogP contribution is 2.38. The van der Waals surface area contributed by atoms with E-state index in [1.54, 1.807) is 19.4 Å². The Labute approximate surface area is 221 Å². The Morgan fingerprint density at radius 2 is 1.63 bits per heavy atom. The van der Waals surface area contributed by atoms with Crippen molar-refractivity contribution in [1.82, 2.24) is 19.9 Å². The minimum absolute atomic E-state index is 0.216. The fourth-order valence-electron chi connectivity index (χ4n) is 4.06. The molecule has 7 nitrogen and oxygen atoms in total. The number of alkyl halides is 3. The zero-order valence-corrected chi connectivity index (χ0v) is 21.0. The van der Waals surface area contributed by atoms with Crippen molar-refractivity contribution < 1.29 is 13.2 Å². The Morgan fingerprint density at radius 1 is 0.816 bits per heavy atom. The molecule has 0 bridgehead atoms. The largest absolute Gasteiger partial charge is 0.417 e. The maximum Gasteiger partial charge on any atom is 0.417 e. The number of aromatic nitrogens is 4. The molecule has 0 aliphatic heterocycles. The molecule has 5 aromatic rings. The van der Waals surface area contributed by atoms with Crippen molar-refractivity contribution in [2.24, 2.45) is 0 Å². The molecule has 3 heterocycles. The van der Waals surface area contributed by atoms with Gasteiger partial charge >= 0.3 is 6.18 Å². The molecule has 0 saturated heterocycles. The monoisotopic (exact) mass is 535 g/mol. The molecule has 3 aromatic heterocycles. The predicted molar refractivity (Wildman–Crippen MR) is 144 cm³/mol. The van der Waals surface area contributed by atoms with Crippen molar-refractivity contribution in [2.45, 2.75) is 13.1 Å². The van der Waals surface area contributed by atoms with Gasteiger partial charge < -0.3 is 16.0 Å². The van der Waals surface area contributed by atoms with Crippen LogP contribution < -0.4 is 16.0 Å². The number of nitrogens with zero attached hydrogens (tertiary/aromatic N) is 4. The maximum absolute atomic E-state index is 13.4. The molecule has 5 rings (SSSR count). The van der Waals surface area contributed by atoms with E-state index in [4.69, 9.17) is 11.6 Å². The van der Waals surface area contributed by atoms with E-state index in [1.165, 1.54) is 18.5 Å². The Balaban J connectivity index is 1.55. The van der Waals surface area contributed by atoms with Gasteiger partial charge in [-0.2, -0.15) is 13.2 Å². The summed E-state index contributed by atoms with van der Waals surface area (Å²) in [5.41, 5.74) is 2.48. The molecular weight excluding hydrogens is 515 g/mol. The normalized spacial score (nSPS) is 11.4. The lowest BCUT2D eigenvalue weighted by molar-refractivity contribution is -0.137. The van der Waals surface area contributed by atoms with Crippen molar-refractivity contribution in [3.8, 4) is 11.3 Å². The zero-order valence-electron chi connectivity index (χ0n) is 20.2. The number of hydrogen-bond donors (Lipinski definition) is 3. The highest BCUT2D eigenvalue weighted by Gasteiger charge is 2.33. The third kappa shape index (κ3) is 5.03. The minimum Gasteiger partial charge on any atom is -0.373 e. The van der Waals surface area contributed by atoms with Crippen molar-refractivity contribution in [3.05, 3.63) is 89.5 Å². The van der Waals surface area contributed by atoms with E-state index in [-0.39, 0.29) is 10.7 Å². The Kier molecular flexibility index (Phi) is 6.73. The van der Waals surface area contributed by atoms with Gasteiger partial charge in [-0.15, -0.1) is 0 Å². The molecular formula is C27H21ClF3N7. The van der Waals surface area contributed by atoms with Crippen molar-refractivity contribution >= 4 is 51.2 Å². The molecule has 0 radical (unpaired) electrons. The van der Waals surface area contributed by atoms with Gasteiger partial charge in [-0.1, -0.05) is 23.7 Å². The van der Waals surface area contributed by atoms with Gasteiger partial charge in [0.05, 0.1) is 22.0 Å². The summed E-state index contributed by atoms with van der Waals surface area (Å²) in [5, 5.41) is 10.6. The number of anilines is 5. The number of hydrogen-bond acceptors (Lipinski definition) is 7. The molecule has 0 unspecified atom stereocenters. The van der Waals surface area contributed by atoms with Crippen LogP contribution in [-0.4, -0.2) is 27.0 Å². The lowest BCUT2D eigenvalue weighted by Gasteiger charge is -2.17. The van der Waals surface area contributed by atoms with Crippen LogP contribution >= 0.6 is 11.6 Å². The Bertz CT molecular complexity index is 1640. The fourth-order valence-corrected chi connectivity index (χ4v) is 4.28. The van der Waals surface area contributed by atoms with Crippen LogP contribution in [-0.2, 0) is 6.18 Å². The third-order valence-electron chi connectivity index (χ3n) is 5.94. The van der Waals surface area contributed by atoms with E-state index in [1.807, 2.05) is 43.3 Å². The van der Waals surface area contributed by atoms with Gasteiger partial charge in [-0.3, -0.25) is 0 Å². The second kappa shape index (κ2) is 10.1. The SMILES string of the molecule is CNc1cc(-c2cccnc2Nc2c(C)ccc3c(Nc4ccc(Cl)c(C(F)(F)F)c4)nccc23)ncn1. The first kappa shape index (κ1) is 25.2. The highest BCUT2D eigenvalue weighted by atomic mass is 35.5. The third-order valence-corrected chi connectivity index (χ3v) is 6.27. The first-order valence-electron chi connectivity index (χ1n) is 11.5. The van der Waals surface area contributed by atoms with Crippen LogP contribution in [0.1, 0.15) is 11.1 Å². The summed E-state index contributed by atoms with van der Waals surface area (Å²) in [7, 11) is 1.78. The minimum atomic E-state index is -4.58. The molecule has 0 fully saturated rings. The van der Waals surface area contributed by atoms with Gasteiger partial charge in [0.1, 0.15) is 23.8 Å². The summed E-state index contributed by atoms with van der Waals surface area (Å²) in [5.74, 6) is 1.66. The topological polar surface area (TPSA) is 87.7 Å². The van der Waals surface area contributed by atoms with Crippen LogP contribution in [0.3, 0.4) is 0 Å². The average molecular weight is 536 g/mol. The average Bonchev–Trinajstić information content (AvgIpc) is 2.91. The first-order valence-corrected chi connectivity index (χ1v) is 11.9. The number of pyridine rings is 2. The van der Waals surface area contributed by atoms with Crippen LogP contribution in [0.4, 0.5) is 42.0 Å². The number of fused-ring (bicyclic) bond motifs is 1. The summed E-state index contributed by atoms with van der Waals surface area (Å²) in [6.45, 7) is 1.95. The first-order chi connectivity index (χ1) is 18.2. The maximum atomic E-state index is 13.4. The van der Waals surface area contributed by atoms with Gasteiger partial charge in [0.15, 0.2) is 0 Å². The molecule has 2 aromatic carbocycles. The van der Waals surface area contributed by atoms with Crippen LogP contribution in [0.25, 0.3) is 22.0 Å². The van der Waals surface area contributed by atoms with Gasteiger partial charge in [-0.25, -0.2) is 19.9 Å².